The van der Waals surface area contributed by atoms with Crippen molar-refractivity contribution >= 4 is 29.2 Å². The number of fused-ring (bicyclic) bond motifs is 1. The van der Waals surface area contributed by atoms with Gasteiger partial charge in [0.25, 0.3) is 0 Å². The molecule has 1 aliphatic heterocycles. The molecule has 1 aromatic rings. The fourth-order valence-electron chi connectivity index (χ4n) is 3.12. The number of hydrogen-bond donors (Lipinski definition) is 2. The number of rotatable bonds is 7. The second-order valence-electron chi connectivity index (χ2n) is 7.16. The van der Waals surface area contributed by atoms with Gasteiger partial charge in [-0.25, -0.2) is 9.97 Å². The van der Waals surface area contributed by atoms with Crippen LogP contribution in [-0.4, -0.2) is 45.3 Å². The van der Waals surface area contributed by atoms with Gasteiger partial charge in [-0.15, -0.1) is 0 Å². The Morgan fingerprint density at radius 2 is 2.04 bits per heavy atom. The van der Waals surface area contributed by atoms with E-state index in [2.05, 4.69) is 34.4 Å². The minimum atomic E-state index is -0.369. The Labute approximate surface area is 159 Å². The van der Waals surface area contributed by atoms with Gasteiger partial charge in [-0.05, 0) is 24.9 Å². The van der Waals surface area contributed by atoms with Crippen LogP contribution in [0.5, 0.6) is 0 Å². The maximum absolute atomic E-state index is 11.8. The molecule has 0 saturated carbocycles. The summed E-state index contributed by atoms with van der Waals surface area (Å²) in [5.74, 6) is 0.610. The molecule has 144 valence electrons. The molecule has 0 aromatic carbocycles. The largest absolute Gasteiger partial charge is 0.363 e. The van der Waals surface area contributed by atoms with Crippen molar-refractivity contribution in [2.24, 2.45) is 0 Å². The molecular formula is C18H28ClN5O2. The number of unbranched alkanes of at least 4 members (excludes halogenated alkanes) is 1. The van der Waals surface area contributed by atoms with Crippen LogP contribution >= 0.6 is 11.6 Å². The van der Waals surface area contributed by atoms with Crippen molar-refractivity contribution in [2.45, 2.75) is 65.5 Å². The molecule has 0 spiro atoms. The summed E-state index contributed by atoms with van der Waals surface area (Å²) < 4.78 is 0. The van der Waals surface area contributed by atoms with Crippen LogP contribution in [0.2, 0.25) is 5.28 Å². The summed E-state index contributed by atoms with van der Waals surface area (Å²) in [5.41, 5.74) is 1.41. The standard InChI is InChI=1S/C18H28ClN5O2/c1-5-6-8-18(4,11-20-12(2)25)23-16-14-10-24(13(3)26)9-7-15(14)21-17(19)22-16/h5-11H2,1-4H3,(H,20,25)(H,21,22,23)/t18-/m1/s1. The number of carbonyl (C=O) groups excluding carboxylic acids is 2. The molecule has 0 fully saturated rings. The van der Waals surface area contributed by atoms with Crippen molar-refractivity contribution < 1.29 is 9.59 Å². The molecule has 26 heavy (non-hydrogen) atoms. The fourth-order valence-corrected chi connectivity index (χ4v) is 3.31. The number of carbonyl (C=O) groups is 2. The first-order chi connectivity index (χ1) is 12.2. The van der Waals surface area contributed by atoms with E-state index in [-0.39, 0.29) is 22.6 Å². The van der Waals surface area contributed by atoms with Crippen LogP contribution in [0.1, 0.15) is 58.2 Å². The molecular weight excluding hydrogens is 354 g/mol. The molecule has 8 heteroatoms. The van der Waals surface area contributed by atoms with Crippen LogP contribution in [0.3, 0.4) is 0 Å². The van der Waals surface area contributed by atoms with Gasteiger partial charge >= 0.3 is 0 Å². The maximum atomic E-state index is 11.8. The maximum Gasteiger partial charge on any atom is 0.224 e. The molecule has 1 aliphatic rings. The van der Waals surface area contributed by atoms with E-state index in [0.717, 1.165) is 30.5 Å². The molecule has 0 bridgehead atoms. The summed E-state index contributed by atoms with van der Waals surface area (Å²) in [6.45, 7) is 8.85. The highest BCUT2D eigenvalue weighted by molar-refractivity contribution is 6.28. The highest BCUT2D eigenvalue weighted by atomic mass is 35.5. The smallest absolute Gasteiger partial charge is 0.224 e. The van der Waals surface area contributed by atoms with Gasteiger partial charge < -0.3 is 15.5 Å². The van der Waals surface area contributed by atoms with Crippen molar-refractivity contribution in [3.05, 3.63) is 16.5 Å². The Balaban J connectivity index is 2.31. The number of aromatic nitrogens is 2. The molecule has 1 atom stereocenters. The quantitative estimate of drug-likeness (QED) is 0.708. The van der Waals surface area contributed by atoms with Gasteiger partial charge in [0, 0.05) is 38.9 Å². The molecule has 2 heterocycles. The van der Waals surface area contributed by atoms with E-state index in [1.807, 2.05) is 0 Å². The number of anilines is 1. The first-order valence-electron chi connectivity index (χ1n) is 9.07. The Bertz CT molecular complexity index is 682. The third-order valence-electron chi connectivity index (χ3n) is 4.71. The minimum Gasteiger partial charge on any atom is -0.363 e. The Hall–Kier alpha value is -1.89. The van der Waals surface area contributed by atoms with Gasteiger partial charge in [0.1, 0.15) is 5.82 Å². The third-order valence-corrected chi connectivity index (χ3v) is 4.88. The van der Waals surface area contributed by atoms with E-state index in [0.29, 0.717) is 31.9 Å². The lowest BCUT2D eigenvalue weighted by Crippen LogP contribution is -2.47. The summed E-state index contributed by atoms with van der Waals surface area (Å²) in [4.78, 5) is 33.7. The van der Waals surface area contributed by atoms with E-state index in [9.17, 15) is 9.59 Å². The molecule has 2 amide bonds. The lowest BCUT2D eigenvalue weighted by molar-refractivity contribution is -0.129. The van der Waals surface area contributed by atoms with Gasteiger partial charge in [-0.2, -0.15) is 0 Å². The zero-order valence-corrected chi connectivity index (χ0v) is 16.7. The predicted octanol–water partition coefficient (Wildman–Crippen LogP) is 2.53. The normalized spacial score (nSPS) is 15.8. The van der Waals surface area contributed by atoms with Gasteiger partial charge in [0.05, 0.1) is 17.8 Å². The second-order valence-corrected chi connectivity index (χ2v) is 7.49. The van der Waals surface area contributed by atoms with E-state index in [1.165, 1.54) is 6.92 Å². The van der Waals surface area contributed by atoms with E-state index in [4.69, 9.17) is 11.6 Å². The Kier molecular flexibility index (Phi) is 6.81. The monoisotopic (exact) mass is 381 g/mol. The average Bonchev–Trinajstić information content (AvgIpc) is 2.58. The molecule has 0 radical (unpaired) electrons. The summed E-state index contributed by atoms with van der Waals surface area (Å²) in [5, 5.41) is 6.57. The summed E-state index contributed by atoms with van der Waals surface area (Å²) in [6.07, 6.45) is 3.60. The van der Waals surface area contributed by atoms with Gasteiger partial charge in [0.2, 0.25) is 17.1 Å². The van der Waals surface area contributed by atoms with Crippen molar-refractivity contribution in [3.8, 4) is 0 Å². The molecule has 2 N–H and O–H groups in total. The summed E-state index contributed by atoms with van der Waals surface area (Å²) in [7, 11) is 0. The Morgan fingerprint density at radius 3 is 2.65 bits per heavy atom. The zero-order valence-electron chi connectivity index (χ0n) is 16.0. The van der Waals surface area contributed by atoms with Gasteiger partial charge in [-0.1, -0.05) is 19.8 Å². The Morgan fingerprint density at radius 1 is 1.31 bits per heavy atom. The van der Waals surface area contributed by atoms with E-state index in [1.54, 1.807) is 11.8 Å². The molecule has 0 aliphatic carbocycles. The van der Waals surface area contributed by atoms with Crippen LogP contribution in [0, 0.1) is 0 Å². The van der Waals surface area contributed by atoms with Crippen LogP contribution in [0.4, 0.5) is 5.82 Å². The van der Waals surface area contributed by atoms with Crippen molar-refractivity contribution in [1.82, 2.24) is 20.2 Å². The van der Waals surface area contributed by atoms with E-state index >= 15 is 0 Å². The summed E-state index contributed by atoms with van der Waals surface area (Å²) in [6, 6.07) is 0. The minimum absolute atomic E-state index is 0.0311. The van der Waals surface area contributed by atoms with Crippen molar-refractivity contribution in [2.75, 3.05) is 18.4 Å². The number of nitrogens with one attached hydrogen (secondary N) is 2. The molecule has 0 unspecified atom stereocenters. The predicted molar refractivity (Wildman–Crippen MR) is 102 cm³/mol. The molecule has 2 rings (SSSR count). The third kappa shape index (κ3) is 5.30. The molecule has 0 saturated heterocycles. The van der Waals surface area contributed by atoms with Crippen LogP contribution < -0.4 is 10.6 Å². The van der Waals surface area contributed by atoms with Gasteiger partial charge in [0.15, 0.2) is 0 Å². The SMILES string of the molecule is CCCC[C@](C)(CNC(C)=O)Nc1nc(Cl)nc2c1CN(C(C)=O)CC2. The van der Waals surface area contributed by atoms with Crippen molar-refractivity contribution in [3.63, 3.8) is 0 Å². The number of amides is 2. The van der Waals surface area contributed by atoms with Crippen LogP contribution in [0.15, 0.2) is 0 Å². The number of halogens is 1. The highest BCUT2D eigenvalue weighted by Crippen LogP contribution is 2.29. The zero-order chi connectivity index (χ0) is 19.3. The van der Waals surface area contributed by atoms with Crippen LogP contribution in [-0.2, 0) is 22.6 Å². The lowest BCUT2D eigenvalue weighted by atomic mass is 9.93. The van der Waals surface area contributed by atoms with Crippen LogP contribution in [0.25, 0.3) is 0 Å². The number of nitrogens with zero attached hydrogens (tertiary/aromatic N) is 3. The highest BCUT2D eigenvalue weighted by Gasteiger charge is 2.29. The summed E-state index contributed by atoms with van der Waals surface area (Å²) >= 11 is 6.13. The average molecular weight is 382 g/mol. The van der Waals surface area contributed by atoms with E-state index < -0.39 is 0 Å². The first kappa shape index (κ1) is 20.4. The fraction of sp³-hybridized carbons (Fsp3) is 0.667. The topological polar surface area (TPSA) is 87.2 Å². The molecule has 1 aromatic heterocycles. The van der Waals surface area contributed by atoms with Crippen molar-refractivity contribution in [1.29, 1.82) is 0 Å². The lowest BCUT2D eigenvalue weighted by Gasteiger charge is -2.34. The second kappa shape index (κ2) is 8.66. The first-order valence-corrected chi connectivity index (χ1v) is 9.45. The molecule has 7 nitrogen and oxygen atoms in total. The van der Waals surface area contributed by atoms with Gasteiger partial charge in [-0.3, -0.25) is 9.59 Å². The number of hydrogen-bond acceptors (Lipinski definition) is 5.